The average Bonchev–Trinajstić information content (AvgIpc) is 2.38. The lowest BCUT2D eigenvalue weighted by Gasteiger charge is -2.31. The predicted molar refractivity (Wildman–Crippen MR) is 75.3 cm³/mol. The molecule has 0 aliphatic heterocycles. The number of nitrogens with zero attached hydrogens (tertiary/aromatic N) is 1. The zero-order valence-corrected chi connectivity index (χ0v) is 12.2. The van der Waals surface area contributed by atoms with Gasteiger partial charge in [-0.3, -0.25) is 4.90 Å². The molecule has 2 unspecified atom stereocenters. The van der Waals surface area contributed by atoms with Crippen LogP contribution >= 0.6 is 0 Å². The summed E-state index contributed by atoms with van der Waals surface area (Å²) >= 11 is 0. The summed E-state index contributed by atoms with van der Waals surface area (Å²) < 4.78 is 39.2. The summed E-state index contributed by atoms with van der Waals surface area (Å²) in [6.07, 6.45) is -3.36. The standard InChI is InChI=1S/C15H23F3N2/c1-4-11(2)10-20(3)14(9-19)12-7-5-6-8-13(12)15(16,17)18/h5-8,11,14H,4,9-10,19H2,1-3H3. The lowest BCUT2D eigenvalue weighted by atomic mass is 9.97. The van der Waals surface area contributed by atoms with Crippen molar-refractivity contribution in [2.24, 2.45) is 11.7 Å². The summed E-state index contributed by atoms with van der Waals surface area (Å²) in [6, 6.07) is 5.27. The lowest BCUT2D eigenvalue weighted by Crippen LogP contribution is -2.34. The third kappa shape index (κ3) is 4.21. The van der Waals surface area contributed by atoms with Gasteiger partial charge >= 0.3 is 6.18 Å². The van der Waals surface area contributed by atoms with E-state index in [0.29, 0.717) is 5.92 Å². The Bertz CT molecular complexity index is 418. The molecule has 1 aromatic rings. The topological polar surface area (TPSA) is 29.3 Å². The Morgan fingerprint density at radius 1 is 1.25 bits per heavy atom. The number of benzene rings is 1. The van der Waals surface area contributed by atoms with Gasteiger partial charge < -0.3 is 5.73 Å². The molecular weight excluding hydrogens is 265 g/mol. The fraction of sp³-hybridized carbons (Fsp3) is 0.600. The SMILES string of the molecule is CCC(C)CN(C)C(CN)c1ccccc1C(F)(F)F. The maximum Gasteiger partial charge on any atom is 0.416 e. The smallest absolute Gasteiger partial charge is 0.329 e. The largest absolute Gasteiger partial charge is 0.416 e. The summed E-state index contributed by atoms with van der Waals surface area (Å²) in [5.41, 5.74) is 5.39. The van der Waals surface area contributed by atoms with Crippen molar-refractivity contribution in [1.82, 2.24) is 4.90 Å². The first-order valence-electron chi connectivity index (χ1n) is 6.87. The number of nitrogens with two attached hydrogens (primary N) is 1. The van der Waals surface area contributed by atoms with Crippen LogP contribution in [0.25, 0.3) is 0 Å². The van der Waals surface area contributed by atoms with Crippen molar-refractivity contribution >= 4 is 0 Å². The summed E-state index contributed by atoms with van der Waals surface area (Å²) in [5, 5.41) is 0. The van der Waals surface area contributed by atoms with E-state index in [1.165, 1.54) is 12.1 Å². The molecule has 1 aromatic carbocycles. The molecule has 1 rings (SSSR count). The zero-order chi connectivity index (χ0) is 15.3. The summed E-state index contributed by atoms with van der Waals surface area (Å²) in [4.78, 5) is 1.92. The molecule has 0 aliphatic rings. The number of rotatable bonds is 6. The molecule has 5 heteroatoms. The van der Waals surface area contributed by atoms with Gasteiger partial charge in [0, 0.05) is 19.1 Å². The minimum Gasteiger partial charge on any atom is -0.329 e. The van der Waals surface area contributed by atoms with Gasteiger partial charge in [-0.15, -0.1) is 0 Å². The normalized spacial score (nSPS) is 15.4. The van der Waals surface area contributed by atoms with Gasteiger partial charge in [0.2, 0.25) is 0 Å². The predicted octanol–water partition coefficient (Wildman–Crippen LogP) is 3.68. The second kappa shape index (κ2) is 7.09. The van der Waals surface area contributed by atoms with Crippen LogP contribution in [0.15, 0.2) is 24.3 Å². The molecular formula is C15H23F3N2. The number of halogens is 3. The van der Waals surface area contributed by atoms with Gasteiger partial charge in [-0.2, -0.15) is 13.2 Å². The van der Waals surface area contributed by atoms with Crippen molar-refractivity contribution in [1.29, 1.82) is 0 Å². The molecule has 2 atom stereocenters. The second-order valence-electron chi connectivity index (χ2n) is 5.29. The Hall–Kier alpha value is -1.07. The fourth-order valence-electron chi connectivity index (χ4n) is 2.34. The molecule has 0 heterocycles. The highest BCUT2D eigenvalue weighted by molar-refractivity contribution is 5.32. The van der Waals surface area contributed by atoms with Crippen LogP contribution in [0.2, 0.25) is 0 Å². The van der Waals surface area contributed by atoms with Crippen LogP contribution in [-0.2, 0) is 6.18 Å². The van der Waals surface area contributed by atoms with E-state index in [2.05, 4.69) is 13.8 Å². The second-order valence-corrected chi connectivity index (χ2v) is 5.29. The number of hydrogen-bond acceptors (Lipinski definition) is 2. The van der Waals surface area contributed by atoms with Gasteiger partial charge in [-0.25, -0.2) is 0 Å². The van der Waals surface area contributed by atoms with E-state index in [-0.39, 0.29) is 12.1 Å². The Morgan fingerprint density at radius 3 is 2.35 bits per heavy atom. The average molecular weight is 288 g/mol. The number of likely N-dealkylation sites (N-methyl/N-ethyl adjacent to an activating group) is 1. The van der Waals surface area contributed by atoms with E-state index in [4.69, 9.17) is 5.73 Å². The summed E-state index contributed by atoms with van der Waals surface area (Å²) in [6.45, 7) is 5.05. The minimum atomic E-state index is -4.35. The summed E-state index contributed by atoms with van der Waals surface area (Å²) in [5.74, 6) is 0.423. The molecule has 2 N–H and O–H groups in total. The first-order valence-corrected chi connectivity index (χ1v) is 6.87. The van der Waals surface area contributed by atoms with Gasteiger partial charge in [0.15, 0.2) is 0 Å². The summed E-state index contributed by atoms with van der Waals surface area (Å²) in [7, 11) is 1.83. The van der Waals surface area contributed by atoms with E-state index in [1.807, 2.05) is 11.9 Å². The molecule has 0 radical (unpaired) electrons. The van der Waals surface area contributed by atoms with E-state index in [0.717, 1.165) is 19.0 Å². The first kappa shape index (κ1) is 17.0. The third-order valence-electron chi connectivity index (χ3n) is 3.68. The van der Waals surface area contributed by atoms with Crippen molar-refractivity contribution in [2.45, 2.75) is 32.5 Å². The lowest BCUT2D eigenvalue weighted by molar-refractivity contribution is -0.138. The fourth-order valence-corrected chi connectivity index (χ4v) is 2.34. The van der Waals surface area contributed by atoms with E-state index >= 15 is 0 Å². The van der Waals surface area contributed by atoms with E-state index in [1.54, 1.807) is 6.07 Å². The van der Waals surface area contributed by atoms with Crippen LogP contribution in [0.3, 0.4) is 0 Å². The molecule has 0 bridgehead atoms. The van der Waals surface area contributed by atoms with Crippen molar-refractivity contribution in [3.05, 3.63) is 35.4 Å². The van der Waals surface area contributed by atoms with Gasteiger partial charge in [0.05, 0.1) is 5.56 Å². The van der Waals surface area contributed by atoms with Crippen LogP contribution < -0.4 is 5.73 Å². The van der Waals surface area contributed by atoms with Crippen molar-refractivity contribution < 1.29 is 13.2 Å². The van der Waals surface area contributed by atoms with Gasteiger partial charge in [0.1, 0.15) is 0 Å². The van der Waals surface area contributed by atoms with Crippen LogP contribution in [0.5, 0.6) is 0 Å². The van der Waals surface area contributed by atoms with Crippen LogP contribution in [0.1, 0.15) is 37.4 Å². The highest BCUT2D eigenvalue weighted by Gasteiger charge is 2.35. The van der Waals surface area contributed by atoms with Crippen LogP contribution in [-0.4, -0.2) is 25.0 Å². The maximum absolute atomic E-state index is 13.1. The molecule has 0 aromatic heterocycles. The van der Waals surface area contributed by atoms with Crippen molar-refractivity contribution in [3.63, 3.8) is 0 Å². The van der Waals surface area contributed by atoms with Crippen molar-refractivity contribution in [2.75, 3.05) is 20.1 Å². The van der Waals surface area contributed by atoms with Gasteiger partial charge in [-0.1, -0.05) is 38.5 Å². The molecule has 2 nitrogen and oxygen atoms in total. The molecule has 0 fully saturated rings. The Kier molecular flexibility index (Phi) is 6.02. The number of alkyl halides is 3. The zero-order valence-electron chi connectivity index (χ0n) is 12.2. The molecule has 0 saturated carbocycles. The monoisotopic (exact) mass is 288 g/mol. The first-order chi connectivity index (χ1) is 9.31. The Labute approximate surface area is 118 Å². The molecule has 0 saturated heterocycles. The van der Waals surface area contributed by atoms with E-state index < -0.39 is 17.8 Å². The minimum absolute atomic E-state index is 0.167. The van der Waals surface area contributed by atoms with E-state index in [9.17, 15) is 13.2 Å². The third-order valence-corrected chi connectivity index (χ3v) is 3.68. The molecule has 0 amide bonds. The molecule has 0 spiro atoms. The highest BCUT2D eigenvalue weighted by atomic mass is 19.4. The number of hydrogen-bond donors (Lipinski definition) is 1. The molecule has 20 heavy (non-hydrogen) atoms. The van der Waals surface area contributed by atoms with Gasteiger partial charge in [0.25, 0.3) is 0 Å². The van der Waals surface area contributed by atoms with Crippen LogP contribution in [0.4, 0.5) is 13.2 Å². The van der Waals surface area contributed by atoms with Gasteiger partial charge in [-0.05, 0) is 24.6 Å². The Balaban J connectivity index is 3.07. The van der Waals surface area contributed by atoms with Crippen molar-refractivity contribution in [3.8, 4) is 0 Å². The maximum atomic E-state index is 13.1. The highest BCUT2D eigenvalue weighted by Crippen LogP contribution is 2.35. The Morgan fingerprint density at radius 2 is 1.85 bits per heavy atom. The molecule has 114 valence electrons. The quantitative estimate of drug-likeness (QED) is 0.865. The van der Waals surface area contributed by atoms with Crippen LogP contribution in [0, 0.1) is 5.92 Å². The molecule has 0 aliphatic carbocycles.